The molecule has 0 fully saturated rings. The van der Waals surface area contributed by atoms with Gasteiger partial charge < -0.3 is 20.3 Å². The van der Waals surface area contributed by atoms with E-state index in [-0.39, 0.29) is 18.7 Å². The molecule has 3 N–H and O–H groups in total. The van der Waals surface area contributed by atoms with E-state index in [0.29, 0.717) is 0 Å². The molecule has 23 heavy (non-hydrogen) atoms. The lowest BCUT2D eigenvalue weighted by molar-refractivity contribution is 0.0163. The molecule has 122 valence electrons. The number of nitrogens with zero attached hydrogens (tertiary/aromatic N) is 1. The van der Waals surface area contributed by atoms with Gasteiger partial charge >= 0.3 is 6.09 Å². The molecule has 2 rings (SSSR count). The van der Waals surface area contributed by atoms with E-state index in [1.54, 1.807) is 12.1 Å². The third-order valence-corrected chi connectivity index (χ3v) is 3.16. The summed E-state index contributed by atoms with van der Waals surface area (Å²) in [6, 6.07) is 10.4. The molecule has 2 aromatic rings. The molecule has 1 aromatic carbocycles. The maximum atomic E-state index is 13.5. The molecular weight excluding hydrogens is 303 g/mol. The Bertz CT molecular complexity index is 639. The highest BCUT2D eigenvalue weighted by Gasteiger charge is 2.22. The third kappa shape index (κ3) is 5.01. The van der Waals surface area contributed by atoms with Gasteiger partial charge in [-0.15, -0.1) is 0 Å². The van der Waals surface area contributed by atoms with E-state index in [4.69, 9.17) is 4.74 Å². The second kappa shape index (κ2) is 8.21. The van der Waals surface area contributed by atoms with E-state index in [9.17, 15) is 19.4 Å². The second-order valence-corrected chi connectivity index (χ2v) is 4.85. The number of alkyl carbamates (subject to hydrolysis) is 1. The van der Waals surface area contributed by atoms with Gasteiger partial charge in [0.15, 0.2) is 0 Å². The van der Waals surface area contributed by atoms with Crippen molar-refractivity contribution in [2.24, 2.45) is 0 Å². The first-order valence-electron chi connectivity index (χ1n) is 6.98. The largest absolute Gasteiger partial charge is 0.445 e. The first kappa shape index (κ1) is 16.9. The van der Waals surface area contributed by atoms with Gasteiger partial charge in [0.2, 0.25) is 0 Å². The summed E-state index contributed by atoms with van der Waals surface area (Å²) in [5.41, 5.74) is 0.731. The molecule has 0 aliphatic heterocycles. The van der Waals surface area contributed by atoms with Crippen LogP contribution < -0.4 is 5.32 Å². The molecule has 0 aliphatic rings. The lowest BCUT2D eigenvalue weighted by atomic mass is 10.1. The Morgan fingerprint density at radius 2 is 2.00 bits per heavy atom. The van der Waals surface area contributed by atoms with Crippen molar-refractivity contribution in [1.82, 2.24) is 10.3 Å². The van der Waals surface area contributed by atoms with Crippen molar-refractivity contribution in [1.29, 1.82) is 0 Å². The maximum Gasteiger partial charge on any atom is 0.407 e. The van der Waals surface area contributed by atoms with Crippen LogP contribution in [0.15, 0.2) is 48.8 Å². The summed E-state index contributed by atoms with van der Waals surface area (Å²) in [7, 11) is 0. The van der Waals surface area contributed by atoms with E-state index in [1.165, 1.54) is 12.3 Å². The number of hydrogen-bond donors (Lipinski definition) is 3. The van der Waals surface area contributed by atoms with Crippen LogP contribution >= 0.6 is 0 Å². The average Bonchev–Trinajstić information content (AvgIpc) is 2.58. The minimum Gasteiger partial charge on any atom is -0.445 e. The van der Waals surface area contributed by atoms with Gasteiger partial charge in [-0.2, -0.15) is 0 Å². The normalized spacial score (nSPS) is 13.2. The molecule has 0 aliphatic carbocycles. The Morgan fingerprint density at radius 1 is 1.26 bits per heavy atom. The molecule has 2 unspecified atom stereocenters. The zero-order chi connectivity index (χ0) is 16.7. The molecule has 1 amide bonds. The van der Waals surface area contributed by atoms with Crippen LogP contribution in [-0.4, -0.2) is 33.9 Å². The van der Waals surface area contributed by atoms with Crippen molar-refractivity contribution in [3.8, 4) is 0 Å². The van der Waals surface area contributed by atoms with Crippen molar-refractivity contribution in [3.05, 3.63) is 65.7 Å². The first-order chi connectivity index (χ1) is 11.1. The number of ether oxygens (including phenoxy) is 1. The maximum absolute atomic E-state index is 13.5. The fraction of sp³-hybridized carbons (Fsp3) is 0.250. The summed E-state index contributed by atoms with van der Waals surface area (Å²) in [6.45, 7) is -0.194. The van der Waals surface area contributed by atoms with E-state index in [1.807, 2.05) is 18.2 Å². The van der Waals surface area contributed by atoms with Crippen LogP contribution in [0, 0.1) is 5.82 Å². The number of nitrogens with one attached hydrogen (secondary N) is 1. The molecular formula is C16H17FN2O4. The SMILES string of the molecule is O=C(NCC(O)C(O)c1ccncc1F)OCc1ccccc1. The molecule has 0 saturated heterocycles. The number of halogens is 1. The van der Waals surface area contributed by atoms with Crippen molar-refractivity contribution in [2.45, 2.75) is 18.8 Å². The van der Waals surface area contributed by atoms with Gasteiger partial charge in [-0.1, -0.05) is 30.3 Å². The minimum atomic E-state index is -1.48. The Balaban J connectivity index is 1.78. The van der Waals surface area contributed by atoms with Crippen LogP contribution in [0.2, 0.25) is 0 Å². The van der Waals surface area contributed by atoms with Gasteiger partial charge in [0.05, 0.1) is 6.20 Å². The molecule has 0 saturated carbocycles. The first-order valence-corrected chi connectivity index (χ1v) is 6.98. The average molecular weight is 320 g/mol. The lowest BCUT2D eigenvalue weighted by Crippen LogP contribution is -2.36. The topological polar surface area (TPSA) is 91.7 Å². The summed E-state index contributed by atoms with van der Waals surface area (Å²) >= 11 is 0. The Labute approximate surface area is 132 Å². The molecule has 1 aromatic heterocycles. The fourth-order valence-corrected chi connectivity index (χ4v) is 1.91. The molecule has 6 nitrogen and oxygen atoms in total. The van der Waals surface area contributed by atoms with Gasteiger partial charge in [0, 0.05) is 18.3 Å². The predicted molar refractivity (Wildman–Crippen MR) is 79.8 cm³/mol. The van der Waals surface area contributed by atoms with E-state index in [0.717, 1.165) is 11.8 Å². The summed E-state index contributed by atoms with van der Waals surface area (Å²) in [6.07, 6.45) is -1.36. The standard InChI is InChI=1S/C16H17FN2O4/c17-13-8-18-7-6-12(13)15(21)14(20)9-19-16(22)23-10-11-4-2-1-3-5-11/h1-8,14-15,20-21H,9-10H2,(H,19,22). The Kier molecular flexibility index (Phi) is 6.02. The highest BCUT2D eigenvalue weighted by atomic mass is 19.1. The van der Waals surface area contributed by atoms with Gasteiger partial charge in [-0.05, 0) is 11.6 Å². The third-order valence-electron chi connectivity index (χ3n) is 3.16. The number of amides is 1. The van der Waals surface area contributed by atoms with E-state index in [2.05, 4.69) is 10.3 Å². The number of aliphatic hydroxyl groups is 2. The quantitative estimate of drug-likeness (QED) is 0.751. The van der Waals surface area contributed by atoms with Crippen molar-refractivity contribution < 1.29 is 24.1 Å². The van der Waals surface area contributed by atoms with Crippen molar-refractivity contribution in [2.75, 3.05) is 6.54 Å². The molecule has 0 bridgehead atoms. The summed E-state index contributed by atoms with van der Waals surface area (Å²) in [4.78, 5) is 15.1. The number of carbonyl (C=O) groups excluding carboxylic acids is 1. The highest BCUT2D eigenvalue weighted by Crippen LogP contribution is 2.18. The second-order valence-electron chi connectivity index (χ2n) is 4.85. The number of aliphatic hydroxyl groups excluding tert-OH is 2. The Morgan fingerprint density at radius 3 is 2.70 bits per heavy atom. The molecule has 1 heterocycles. The van der Waals surface area contributed by atoms with Crippen LogP contribution in [-0.2, 0) is 11.3 Å². The zero-order valence-corrected chi connectivity index (χ0v) is 12.2. The fourth-order valence-electron chi connectivity index (χ4n) is 1.91. The van der Waals surface area contributed by atoms with Crippen LogP contribution in [0.25, 0.3) is 0 Å². The van der Waals surface area contributed by atoms with E-state index < -0.39 is 24.1 Å². The molecule has 2 atom stereocenters. The highest BCUT2D eigenvalue weighted by molar-refractivity contribution is 5.67. The number of pyridine rings is 1. The molecule has 0 radical (unpaired) electrons. The van der Waals surface area contributed by atoms with Crippen LogP contribution in [0.3, 0.4) is 0 Å². The van der Waals surface area contributed by atoms with Gasteiger partial charge in [0.25, 0.3) is 0 Å². The van der Waals surface area contributed by atoms with E-state index >= 15 is 0 Å². The predicted octanol–water partition coefficient (Wildman–Crippen LogP) is 1.54. The Hall–Kier alpha value is -2.51. The number of rotatable bonds is 6. The summed E-state index contributed by atoms with van der Waals surface area (Å²) in [5, 5.41) is 22.0. The van der Waals surface area contributed by atoms with Gasteiger partial charge in [-0.3, -0.25) is 4.98 Å². The number of aromatic nitrogens is 1. The van der Waals surface area contributed by atoms with Crippen LogP contribution in [0.5, 0.6) is 0 Å². The minimum absolute atomic E-state index is 0.0876. The monoisotopic (exact) mass is 320 g/mol. The summed E-state index contributed by atoms with van der Waals surface area (Å²) < 4.78 is 18.4. The van der Waals surface area contributed by atoms with Crippen molar-refractivity contribution >= 4 is 6.09 Å². The van der Waals surface area contributed by atoms with Gasteiger partial charge in [-0.25, -0.2) is 9.18 Å². The zero-order valence-electron chi connectivity index (χ0n) is 12.2. The lowest BCUT2D eigenvalue weighted by Gasteiger charge is -2.18. The summed E-state index contributed by atoms with van der Waals surface area (Å²) in [5.74, 6) is -0.731. The molecule has 0 spiro atoms. The van der Waals surface area contributed by atoms with Crippen LogP contribution in [0.4, 0.5) is 9.18 Å². The van der Waals surface area contributed by atoms with Crippen LogP contribution in [0.1, 0.15) is 17.2 Å². The molecule has 7 heteroatoms. The number of carbonyl (C=O) groups is 1. The smallest absolute Gasteiger partial charge is 0.407 e. The number of hydrogen-bond acceptors (Lipinski definition) is 5. The number of benzene rings is 1. The van der Waals surface area contributed by atoms with Gasteiger partial charge in [0.1, 0.15) is 24.6 Å². The van der Waals surface area contributed by atoms with Crippen molar-refractivity contribution in [3.63, 3.8) is 0 Å².